The standard InChI is InChI=1S/C15H21N7O/c1-12(2)14(22-11-17-10-19-22)15(23)21-7-5-20(6-8-21)13-9-16-3-4-18-13/h3-4,9-12,14H,5-8H2,1-2H3/t14-/m1/s1. The molecular weight excluding hydrogens is 294 g/mol. The van der Waals surface area contributed by atoms with Crippen LogP contribution in [0.2, 0.25) is 0 Å². The van der Waals surface area contributed by atoms with Gasteiger partial charge < -0.3 is 9.80 Å². The summed E-state index contributed by atoms with van der Waals surface area (Å²) in [6.45, 7) is 6.92. The van der Waals surface area contributed by atoms with Crippen molar-refractivity contribution in [3.8, 4) is 0 Å². The molecular formula is C15H21N7O. The Hall–Kier alpha value is -2.51. The van der Waals surface area contributed by atoms with Gasteiger partial charge >= 0.3 is 0 Å². The molecule has 0 aromatic carbocycles. The molecule has 1 aliphatic rings. The molecule has 1 fully saturated rings. The Bertz CT molecular complexity index is 621. The molecule has 1 atom stereocenters. The fourth-order valence-electron chi connectivity index (χ4n) is 2.86. The van der Waals surface area contributed by atoms with Crippen molar-refractivity contribution in [3.63, 3.8) is 0 Å². The Labute approximate surface area is 135 Å². The van der Waals surface area contributed by atoms with Crippen LogP contribution in [0.5, 0.6) is 0 Å². The average Bonchev–Trinajstić information content (AvgIpc) is 3.09. The molecule has 0 saturated carbocycles. The van der Waals surface area contributed by atoms with Crippen molar-refractivity contribution in [2.75, 3.05) is 31.1 Å². The first kappa shape index (κ1) is 15.4. The summed E-state index contributed by atoms with van der Waals surface area (Å²) < 4.78 is 1.65. The van der Waals surface area contributed by atoms with Crippen molar-refractivity contribution in [1.29, 1.82) is 0 Å². The van der Waals surface area contributed by atoms with Gasteiger partial charge in [0.2, 0.25) is 5.91 Å². The molecule has 1 aliphatic heterocycles. The molecule has 8 nitrogen and oxygen atoms in total. The fraction of sp³-hybridized carbons (Fsp3) is 0.533. The molecule has 0 spiro atoms. The minimum absolute atomic E-state index is 0.101. The number of hydrogen-bond donors (Lipinski definition) is 0. The van der Waals surface area contributed by atoms with Crippen LogP contribution < -0.4 is 4.90 Å². The monoisotopic (exact) mass is 315 g/mol. The van der Waals surface area contributed by atoms with Gasteiger partial charge in [0.15, 0.2) is 0 Å². The highest BCUT2D eigenvalue weighted by molar-refractivity contribution is 5.80. The summed E-state index contributed by atoms with van der Waals surface area (Å²) >= 11 is 0. The second kappa shape index (κ2) is 6.72. The summed E-state index contributed by atoms with van der Waals surface area (Å²) in [7, 11) is 0. The number of piperazine rings is 1. The van der Waals surface area contributed by atoms with Crippen LogP contribution in [-0.2, 0) is 4.79 Å². The lowest BCUT2D eigenvalue weighted by Crippen LogP contribution is -2.51. The SMILES string of the molecule is CC(C)[C@H](C(=O)N1CCN(c2cnccn2)CC1)n1cncn1. The van der Waals surface area contributed by atoms with E-state index < -0.39 is 0 Å². The first-order valence-corrected chi connectivity index (χ1v) is 7.80. The number of amides is 1. The van der Waals surface area contributed by atoms with Gasteiger partial charge in [-0.1, -0.05) is 13.8 Å². The molecule has 8 heteroatoms. The summed E-state index contributed by atoms with van der Waals surface area (Å²) in [5.41, 5.74) is 0. The van der Waals surface area contributed by atoms with Crippen LogP contribution in [0.3, 0.4) is 0 Å². The van der Waals surface area contributed by atoms with Crippen LogP contribution in [0.15, 0.2) is 31.2 Å². The predicted octanol–water partition coefficient (Wildman–Crippen LogP) is 0.614. The summed E-state index contributed by atoms with van der Waals surface area (Å²) in [6, 6.07) is -0.305. The third kappa shape index (κ3) is 3.30. The number of hydrogen-bond acceptors (Lipinski definition) is 6. The lowest BCUT2D eigenvalue weighted by molar-refractivity contribution is -0.136. The first-order chi connectivity index (χ1) is 11.2. The molecule has 122 valence electrons. The number of nitrogens with zero attached hydrogens (tertiary/aromatic N) is 7. The lowest BCUT2D eigenvalue weighted by Gasteiger charge is -2.37. The maximum atomic E-state index is 12.9. The highest BCUT2D eigenvalue weighted by atomic mass is 16.2. The number of anilines is 1. The lowest BCUT2D eigenvalue weighted by atomic mass is 10.0. The van der Waals surface area contributed by atoms with Crippen molar-refractivity contribution in [1.82, 2.24) is 29.6 Å². The molecule has 0 unspecified atom stereocenters. The molecule has 0 bridgehead atoms. The quantitative estimate of drug-likeness (QED) is 0.822. The summed E-state index contributed by atoms with van der Waals surface area (Å²) in [5, 5.41) is 4.15. The molecule has 1 saturated heterocycles. The van der Waals surface area contributed by atoms with Crippen LogP contribution in [-0.4, -0.2) is 61.7 Å². The van der Waals surface area contributed by atoms with Crippen LogP contribution in [0, 0.1) is 5.92 Å². The van der Waals surface area contributed by atoms with Crippen molar-refractivity contribution in [2.45, 2.75) is 19.9 Å². The van der Waals surface area contributed by atoms with Crippen molar-refractivity contribution < 1.29 is 4.79 Å². The Morgan fingerprint density at radius 1 is 1.13 bits per heavy atom. The second-order valence-corrected chi connectivity index (χ2v) is 5.94. The zero-order valence-corrected chi connectivity index (χ0v) is 13.4. The van der Waals surface area contributed by atoms with E-state index in [0.717, 1.165) is 18.9 Å². The van der Waals surface area contributed by atoms with E-state index >= 15 is 0 Å². The van der Waals surface area contributed by atoms with E-state index in [1.54, 1.807) is 29.6 Å². The Morgan fingerprint density at radius 3 is 2.48 bits per heavy atom. The molecule has 3 rings (SSSR count). The Morgan fingerprint density at radius 2 is 1.91 bits per heavy atom. The van der Waals surface area contributed by atoms with Gasteiger partial charge in [-0.05, 0) is 5.92 Å². The van der Waals surface area contributed by atoms with E-state index in [1.165, 1.54) is 6.33 Å². The molecule has 0 N–H and O–H groups in total. The van der Waals surface area contributed by atoms with E-state index in [-0.39, 0.29) is 17.9 Å². The van der Waals surface area contributed by atoms with Crippen molar-refractivity contribution >= 4 is 11.7 Å². The molecule has 0 radical (unpaired) electrons. The van der Waals surface area contributed by atoms with E-state index in [4.69, 9.17) is 0 Å². The molecule has 2 aromatic heterocycles. The molecule has 23 heavy (non-hydrogen) atoms. The number of carbonyl (C=O) groups excluding carboxylic acids is 1. The van der Waals surface area contributed by atoms with Crippen molar-refractivity contribution in [3.05, 3.63) is 31.2 Å². The maximum Gasteiger partial charge on any atom is 0.247 e. The topological polar surface area (TPSA) is 80.0 Å². The summed E-state index contributed by atoms with van der Waals surface area (Å²) in [4.78, 5) is 29.3. The zero-order chi connectivity index (χ0) is 16.2. The highest BCUT2D eigenvalue weighted by Crippen LogP contribution is 2.21. The molecule has 0 aliphatic carbocycles. The van der Waals surface area contributed by atoms with Crippen LogP contribution in [0.1, 0.15) is 19.9 Å². The van der Waals surface area contributed by atoms with Gasteiger partial charge in [-0.2, -0.15) is 5.10 Å². The number of rotatable bonds is 4. The van der Waals surface area contributed by atoms with E-state index in [1.807, 2.05) is 18.7 Å². The summed E-state index contributed by atoms with van der Waals surface area (Å²) in [5.74, 6) is 1.11. The third-order valence-electron chi connectivity index (χ3n) is 4.07. The van der Waals surface area contributed by atoms with Gasteiger partial charge in [-0.3, -0.25) is 9.78 Å². The van der Waals surface area contributed by atoms with E-state index in [2.05, 4.69) is 25.0 Å². The number of carbonyl (C=O) groups is 1. The van der Waals surface area contributed by atoms with Gasteiger partial charge in [-0.25, -0.2) is 14.6 Å². The van der Waals surface area contributed by atoms with Crippen molar-refractivity contribution in [2.24, 2.45) is 5.92 Å². The van der Waals surface area contributed by atoms with Crippen LogP contribution in [0.25, 0.3) is 0 Å². The fourth-order valence-corrected chi connectivity index (χ4v) is 2.86. The third-order valence-corrected chi connectivity index (χ3v) is 4.07. The smallest absolute Gasteiger partial charge is 0.247 e. The molecule has 1 amide bonds. The van der Waals surface area contributed by atoms with E-state index in [9.17, 15) is 4.79 Å². The highest BCUT2D eigenvalue weighted by Gasteiger charge is 2.31. The maximum absolute atomic E-state index is 12.9. The zero-order valence-electron chi connectivity index (χ0n) is 13.4. The largest absolute Gasteiger partial charge is 0.352 e. The summed E-state index contributed by atoms with van der Waals surface area (Å²) in [6.07, 6.45) is 8.18. The van der Waals surface area contributed by atoms with Gasteiger partial charge in [0.25, 0.3) is 0 Å². The average molecular weight is 315 g/mol. The van der Waals surface area contributed by atoms with Crippen LogP contribution in [0.4, 0.5) is 5.82 Å². The van der Waals surface area contributed by atoms with Crippen LogP contribution >= 0.6 is 0 Å². The van der Waals surface area contributed by atoms with E-state index in [0.29, 0.717) is 13.1 Å². The molecule has 2 aromatic rings. The molecule has 3 heterocycles. The normalized spacial score (nSPS) is 16.7. The Balaban J connectivity index is 1.66. The van der Waals surface area contributed by atoms with Gasteiger partial charge in [0, 0.05) is 38.6 Å². The number of aromatic nitrogens is 5. The van der Waals surface area contributed by atoms with Gasteiger partial charge in [0.05, 0.1) is 6.20 Å². The Kier molecular flexibility index (Phi) is 4.50. The minimum Gasteiger partial charge on any atom is -0.352 e. The van der Waals surface area contributed by atoms with Gasteiger partial charge in [-0.15, -0.1) is 0 Å². The first-order valence-electron chi connectivity index (χ1n) is 7.80. The predicted molar refractivity (Wildman–Crippen MR) is 84.7 cm³/mol. The second-order valence-electron chi connectivity index (χ2n) is 5.94. The van der Waals surface area contributed by atoms with Gasteiger partial charge in [0.1, 0.15) is 24.5 Å². The minimum atomic E-state index is -0.305.